The van der Waals surface area contributed by atoms with Gasteiger partial charge in [-0.05, 0) is 48.6 Å². The molecule has 1 heterocycles. The second kappa shape index (κ2) is 9.38. The monoisotopic (exact) mass is 364 g/mol. The lowest BCUT2D eigenvalue weighted by Gasteiger charge is -2.32. The summed E-state index contributed by atoms with van der Waals surface area (Å²) in [6.45, 7) is 4.70. The summed E-state index contributed by atoms with van der Waals surface area (Å²) in [5, 5.41) is 3.06. The number of carbonyl (C=O) groups excluding carboxylic acids is 1. The summed E-state index contributed by atoms with van der Waals surface area (Å²) >= 11 is 0. The summed E-state index contributed by atoms with van der Waals surface area (Å²) in [6.07, 6.45) is 5.71. The Hall–Kier alpha value is -2.59. The first-order valence-corrected chi connectivity index (χ1v) is 9.57. The molecule has 27 heavy (non-hydrogen) atoms. The summed E-state index contributed by atoms with van der Waals surface area (Å²) < 4.78 is 5.25. The Labute approximate surface area is 161 Å². The third-order valence-electron chi connectivity index (χ3n) is 4.98. The van der Waals surface area contributed by atoms with E-state index in [0.29, 0.717) is 0 Å². The van der Waals surface area contributed by atoms with Crippen molar-refractivity contribution in [1.29, 1.82) is 0 Å². The van der Waals surface area contributed by atoms with Gasteiger partial charge in [-0.3, -0.25) is 4.79 Å². The second-order valence-corrected chi connectivity index (χ2v) is 6.95. The van der Waals surface area contributed by atoms with Gasteiger partial charge in [0.25, 0.3) is 0 Å². The van der Waals surface area contributed by atoms with E-state index in [1.165, 1.54) is 17.7 Å². The maximum Gasteiger partial charge on any atom is 0.244 e. The van der Waals surface area contributed by atoms with Gasteiger partial charge in [-0.25, -0.2) is 0 Å². The quantitative estimate of drug-likeness (QED) is 0.756. The van der Waals surface area contributed by atoms with Crippen LogP contribution in [0.25, 0.3) is 6.08 Å². The Bertz CT molecular complexity index is 786. The Balaban J connectivity index is 1.67. The Kier molecular flexibility index (Phi) is 6.66. The summed E-state index contributed by atoms with van der Waals surface area (Å²) in [5.74, 6) is -0.0830. The van der Waals surface area contributed by atoms with Gasteiger partial charge in [-0.1, -0.05) is 42.5 Å². The van der Waals surface area contributed by atoms with Gasteiger partial charge in [0.2, 0.25) is 5.91 Å². The predicted octanol–water partition coefficient (Wildman–Crippen LogP) is 3.98. The highest BCUT2D eigenvalue weighted by Crippen LogP contribution is 2.30. The molecule has 0 saturated carbocycles. The summed E-state index contributed by atoms with van der Waals surface area (Å²) in [7, 11) is 1.74. The zero-order valence-electron chi connectivity index (χ0n) is 16.2. The first-order valence-electron chi connectivity index (χ1n) is 9.57. The predicted molar refractivity (Wildman–Crippen MR) is 111 cm³/mol. The number of anilines is 1. The van der Waals surface area contributed by atoms with Gasteiger partial charge in [-0.2, -0.15) is 0 Å². The lowest BCUT2D eigenvalue weighted by Crippen LogP contribution is -2.32. The van der Waals surface area contributed by atoms with Crippen LogP contribution in [-0.4, -0.2) is 32.7 Å². The number of benzene rings is 2. The zero-order chi connectivity index (χ0) is 19.1. The van der Waals surface area contributed by atoms with Gasteiger partial charge >= 0.3 is 0 Å². The van der Waals surface area contributed by atoms with Crippen LogP contribution in [0.2, 0.25) is 0 Å². The molecular formula is C23H28N2O2. The van der Waals surface area contributed by atoms with Crippen LogP contribution in [0.1, 0.15) is 36.1 Å². The molecule has 0 spiro atoms. The molecule has 0 aliphatic carbocycles. The van der Waals surface area contributed by atoms with Crippen LogP contribution in [0.3, 0.4) is 0 Å². The minimum atomic E-state index is -0.0830. The molecule has 1 unspecified atom stereocenters. The number of nitrogens with zero attached hydrogens (tertiary/aromatic N) is 1. The molecule has 142 valence electrons. The molecule has 0 saturated heterocycles. The lowest BCUT2D eigenvalue weighted by molar-refractivity contribution is -0.117. The standard InChI is InChI=1S/C23H28N2O2/c1-18(24-23(26)13-10-19-7-4-3-5-8-19)21-12-11-20-9-6-14-25(15-16-27-2)22(20)17-21/h3-5,7-8,10-13,17-18H,6,9,14-16H2,1-2H3,(H,24,26)/b13-10+. The van der Waals surface area contributed by atoms with E-state index in [0.717, 1.165) is 37.2 Å². The van der Waals surface area contributed by atoms with Crippen LogP contribution in [0.5, 0.6) is 0 Å². The highest BCUT2D eigenvalue weighted by atomic mass is 16.5. The van der Waals surface area contributed by atoms with E-state index in [1.807, 2.05) is 43.3 Å². The Morgan fingerprint density at radius 2 is 2.07 bits per heavy atom. The van der Waals surface area contributed by atoms with Crippen molar-refractivity contribution in [2.24, 2.45) is 0 Å². The number of methoxy groups -OCH3 is 1. The van der Waals surface area contributed by atoms with Crippen molar-refractivity contribution in [1.82, 2.24) is 5.32 Å². The highest BCUT2D eigenvalue weighted by molar-refractivity contribution is 5.92. The van der Waals surface area contributed by atoms with E-state index >= 15 is 0 Å². The van der Waals surface area contributed by atoms with Crippen LogP contribution in [0.4, 0.5) is 5.69 Å². The first-order chi connectivity index (χ1) is 13.2. The number of ether oxygens (including phenoxy) is 1. The average Bonchev–Trinajstić information content (AvgIpc) is 2.71. The van der Waals surface area contributed by atoms with Gasteiger partial charge in [0, 0.05) is 32.0 Å². The third-order valence-corrected chi connectivity index (χ3v) is 4.98. The lowest BCUT2D eigenvalue weighted by atomic mass is 9.97. The molecule has 0 aromatic heterocycles. The van der Waals surface area contributed by atoms with Crippen LogP contribution in [0.15, 0.2) is 54.6 Å². The van der Waals surface area contributed by atoms with Crippen LogP contribution >= 0.6 is 0 Å². The van der Waals surface area contributed by atoms with E-state index in [1.54, 1.807) is 13.2 Å². The van der Waals surface area contributed by atoms with E-state index < -0.39 is 0 Å². The minimum absolute atomic E-state index is 0.0468. The smallest absolute Gasteiger partial charge is 0.244 e. The summed E-state index contributed by atoms with van der Waals surface area (Å²) in [5.41, 5.74) is 4.79. The summed E-state index contributed by atoms with van der Waals surface area (Å²) in [6, 6.07) is 16.3. The van der Waals surface area contributed by atoms with E-state index in [-0.39, 0.29) is 11.9 Å². The molecule has 0 radical (unpaired) electrons. The number of nitrogens with one attached hydrogen (secondary N) is 1. The van der Waals surface area contributed by atoms with Crippen LogP contribution < -0.4 is 10.2 Å². The molecule has 4 nitrogen and oxygen atoms in total. The molecule has 1 aliphatic heterocycles. The van der Waals surface area contributed by atoms with E-state index in [4.69, 9.17) is 4.74 Å². The Morgan fingerprint density at radius 3 is 2.85 bits per heavy atom. The number of amides is 1. The van der Waals surface area contributed by atoms with Crippen molar-refractivity contribution < 1.29 is 9.53 Å². The van der Waals surface area contributed by atoms with Gasteiger partial charge in [0.05, 0.1) is 12.6 Å². The topological polar surface area (TPSA) is 41.6 Å². The van der Waals surface area contributed by atoms with Crippen molar-refractivity contribution in [3.05, 3.63) is 71.3 Å². The molecule has 1 amide bonds. The fraction of sp³-hybridized carbons (Fsp3) is 0.348. The van der Waals surface area contributed by atoms with Crippen molar-refractivity contribution in [2.75, 3.05) is 31.7 Å². The Morgan fingerprint density at radius 1 is 1.26 bits per heavy atom. The van der Waals surface area contributed by atoms with Crippen molar-refractivity contribution in [3.63, 3.8) is 0 Å². The van der Waals surface area contributed by atoms with Gasteiger partial charge in [0.15, 0.2) is 0 Å². The van der Waals surface area contributed by atoms with E-state index in [2.05, 4.69) is 28.4 Å². The number of hydrogen-bond donors (Lipinski definition) is 1. The van der Waals surface area contributed by atoms with Gasteiger partial charge in [-0.15, -0.1) is 0 Å². The third kappa shape index (κ3) is 5.20. The molecule has 1 atom stereocenters. The molecule has 0 fully saturated rings. The van der Waals surface area contributed by atoms with E-state index in [9.17, 15) is 4.79 Å². The SMILES string of the molecule is COCCN1CCCc2ccc(C(C)NC(=O)/C=C/c3ccccc3)cc21. The van der Waals surface area contributed by atoms with Crippen LogP contribution in [0, 0.1) is 0 Å². The molecule has 2 aromatic carbocycles. The first kappa shape index (κ1) is 19.2. The number of aryl methyl sites for hydroxylation is 1. The fourth-order valence-electron chi connectivity index (χ4n) is 3.45. The zero-order valence-corrected chi connectivity index (χ0v) is 16.2. The number of carbonyl (C=O) groups is 1. The number of fused-ring (bicyclic) bond motifs is 1. The molecule has 3 rings (SSSR count). The average molecular weight is 364 g/mol. The van der Waals surface area contributed by atoms with Crippen molar-refractivity contribution >= 4 is 17.7 Å². The number of hydrogen-bond acceptors (Lipinski definition) is 3. The van der Waals surface area contributed by atoms with Gasteiger partial charge < -0.3 is 15.0 Å². The van der Waals surface area contributed by atoms with Gasteiger partial charge in [0.1, 0.15) is 0 Å². The second-order valence-electron chi connectivity index (χ2n) is 6.95. The normalized spacial score (nSPS) is 14.8. The highest BCUT2D eigenvalue weighted by Gasteiger charge is 2.18. The molecule has 2 aromatic rings. The largest absolute Gasteiger partial charge is 0.383 e. The molecule has 1 aliphatic rings. The summed E-state index contributed by atoms with van der Waals surface area (Å²) in [4.78, 5) is 14.7. The van der Waals surface area contributed by atoms with Crippen molar-refractivity contribution in [2.45, 2.75) is 25.8 Å². The number of rotatable bonds is 7. The molecular weight excluding hydrogens is 336 g/mol. The maximum atomic E-state index is 12.3. The fourth-order valence-corrected chi connectivity index (χ4v) is 3.45. The maximum absolute atomic E-state index is 12.3. The van der Waals surface area contributed by atoms with Crippen LogP contribution in [-0.2, 0) is 16.0 Å². The molecule has 0 bridgehead atoms. The molecule has 4 heteroatoms. The molecule has 1 N–H and O–H groups in total. The van der Waals surface area contributed by atoms with Crippen molar-refractivity contribution in [3.8, 4) is 0 Å². The minimum Gasteiger partial charge on any atom is -0.383 e.